The summed E-state index contributed by atoms with van der Waals surface area (Å²) >= 11 is 0. The molecule has 1 aliphatic heterocycles. The van der Waals surface area contributed by atoms with Crippen LogP contribution >= 0.6 is 0 Å². The van der Waals surface area contributed by atoms with E-state index in [9.17, 15) is 14.7 Å². The van der Waals surface area contributed by atoms with Gasteiger partial charge in [0.1, 0.15) is 5.75 Å². The second kappa shape index (κ2) is 8.64. The van der Waals surface area contributed by atoms with E-state index in [2.05, 4.69) is 10.6 Å². The average Bonchev–Trinajstić information content (AvgIpc) is 2.97. The van der Waals surface area contributed by atoms with Gasteiger partial charge in [0.15, 0.2) is 5.78 Å². The van der Waals surface area contributed by atoms with Gasteiger partial charge in [-0.25, -0.2) is 0 Å². The topological polar surface area (TPSA) is 87.7 Å². The molecule has 23 heavy (non-hydrogen) atoms. The first-order valence-corrected chi connectivity index (χ1v) is 8.01. The van der Waals surface area contributed by atoms with Gasteiger partial charge in [-0.15, -0.1) is 0 Å². The van der Waals surface area contributed by atoms with Gasteiger partial charge >= 0.3 is 0 Å². The Balaban J connectivity index is 1.71. The average molecular weight is 320 g/mol. The van der Waals surface area contributed by atoms with Gasteiger partial charge in [-0.2, -0.15) is 0 Å². The van der Waals surface area contributed by atoms with Gasteiger partial charge in [-0.1, -0.05) is 0 Å². The molecule has 1 saturated heterocycles. The number of aliphatic hydroxyl groups is 1. The van der Waals surface area contributed by atoms with Crippen LogP contribution in [0.2, 0.25) is 0 Å². The van der Waals surface area contributed by atoms with Crippen LogP contribution in [-0.4, -0.2) is 49.1 Å². The molecular formula is C17H24N2O4. The van der Waals surface area contributed by atoms with Crippen LogP contribution in [0, 0.1) is 5.92 Å². The first kappa shape index (κ1) is 17.4. The lowest BCUT2D eigenvalue weighted by Crippen LogP contribution is -2.34. The SMILES string of the molecule is CCOc1ccc(C(=O)CCC(=O)NCC2CNCC2O)cc1. The molecule has 3 N–H and O–H groups in total. The second-order valence-electron chi connectivity index (χ2n) is 5.67. The van der Waals surface area contributed by atoms with E-state index in [1.54, 1.807) is 24.3 Å². The highest BCUT2D eigenvalue weighted by atomic mass is 16.5. The Morgan fingerprint density at radius 2 is 2.00 bits per heavy atom. The Bertz CT molecular complexity index is 530. The molecule has 0 spiro atoms. The van der Waals surface area contributed by atoms with Crippen molar-refractivity contribution in [2.24, 2.45) is 5.92 Å². The maximum atomic E-state index is 12.1. The van der Waals surface area contributed by atoms with E-state index in [1.165, 1.54) is 0 Å². The fourth-order valence-electron chi connectivity index (χ4n) is 2.54. The van der Waals surface area contributed by atoms with Crippen molar-refractivity contribution in [3.8, 4) is 5.75 Å². The van der Waals surface area contributed by atoms with Crippen molar-refractivity contribution in [1.29, 1.82) is 0 Å². The van der Waals surface area contributed by atoms with Gasteiger partial charge < -0.3 is 20.5 Å². The molecule has 2 atom stereocenters. The predicted octanol–water partition coefficient (Wildman–Crippen LogP) is 0.745. The van der Waals surface area contributed by atoms with Crippen molar-refractivity contribution in [3.05, 3.63) is 29.8 Å². The third kappa shape index (κ3) is 5.33. The highest BCUT2D eigenvalue weighted by molar-refractivity contribution is 5.98. The predicted molar refractivity (Wildman–Crippen MR) is 86.6 cm³/mol. The highest BCUT2D eigenvalue weighted by Crippen LogP contribution is 2.14. The molecule has 126 valence electrons. The molecule has 1 aliphatic rings. The summed E-state index contributed by atoms with van der Waals surface area (Å²) in [6.45, 7) is 4.19. The third-order valence-corrected chi connectivity index (χ3v) is 3.93. The quantitative estimate of drug-likeness (QED) is 0.615. The Morgan fingerprint density at radius 1 is 1.26 bits per heavy atom. The van der Waals surface area contributed by atoms with Gasteiger partial charge in [0, 0.05) is 44.0 Å². The van der Waals surface area contributed by atoms with E-state index in [1.807, 2.05) is 6.92 Å². The minimum absolute atomic E-state index is 0.0424. The summed E-state index contributed by atoms with van der Waals surface area (Å²) in [5.41, 5.74) is 0.580. The molecule has 2 rings (SSSR count). The lowest BCUT2D eigenvalue weighted by Gasteiger charge is -2.13. The zero-order valence-electron chi connectivity index (χ0n) is 13.4. The van der Waals surface area contributed by atoms with Gasteiger partial charge in [0.25, 0.3) is 0 Å². The van der Waals surface area contributed by atoms with E-state index in [4.69, 9.17) is 4.74 Å². The summed E-state index contributed by atoms with van der Waals surface area (Å²) < 4.78 is 5.33. The van der Waals surface area contributed by atoms with E-state index in [0.717, 1.165) is 5.75 Å². The number of β-amino-alcohol motifs (C(OH)–C–C–N with tert-alkyl or cyclic N) is 1. The fraction of sp³-hybridized carbons (Fsp3) is 0.529. The first-order chi connectivity index (χ1) is 11.1. The number of carbonyl (C=O) groups is 2. The zero-order chi connectivity index (χ0) is 16.7. The standard InChI is InChI=1S/C17H24N2O4/c1-2-23-14-5-3-12(4-6-14)15(20)7-8-17(22)19-10-13-9-18-11-16(13)21/h3-6,13,16,18,21H,2,7-11H2,1H3,(H,19,22). The number of benzene rings is 1. The summed E-state index contributed by atoms with van der Waals surface area (Å²) in [6, 6.07) is 6.94. The van der Waals surface area contributed by atoms with Crippen molar-refractivity contribution in [1.82, 2.24) is 10.6 Å². The smallest absolute Gasteiger partial charge is 0.220 e. The Morgan fingerprint density at radius 3 is 2.61 bits per heavy atom. The molecule has 2 unspecified atom stereocenters. The molecule has 1 fully saturated rings. The van der Waals surface area contributed by atoms with Crippen LogP contribution in [0.4, 0.5) is 0 Å². The minimum Gasteiger partial charge on any atom is -0.494 e. The number of ketones is 1. The van der Waals surface area contributed by atoms with E-state index < -0.39 is 6.10 Å². The van der Waals surface area contributed by atoms with Crippen LogP contribution < -0.4 is 15.4 Å². The number of rotatable bonds is 8. The molecule has 1 heterocycles. The van der Waals surface area contributed by atoms with E-state index in [-0.39, 0.29) is 30.4 Å². The number of Topliss-reactive ketones (excluding diaryl/α,β-unsaturated/α-hetero) is 1. The Labute approximate surface area is 136 Å². The van der Waals surface area contributed by atoms with Gasteiger partial charge in [-0.3, -0.25) is 9.59 Å². The largest absolute Gasteiger partial charge is 0.494 e. The minimum atomic E-state index is -0.416. The lowest BCUT2D eigenvalue weighted by atomic mass is 10.1. The number of aliphatic hydroxyl groups excluding tert-OH is 1. The molecule has 1 aromatic carbocycles. The van der Waals surface area contributed by atoms with Crippen LogP contribution in [0.1, 0.15) is 30.1 Å². The van der Waals surface area contributed by atoms with Crippen LogP contribution in [0.5, 0.6) is 5.75 Å². The number of amides is 1. The zero-order valence-corrected chi connectivity index (χ0v) is 13.4. The van der Waals surface area contributed by atoms with E-state index in [0.29, 0.717) is 31.8 Å². The number of hydrogen-bond acceptors (Lipinski definition) is 5. The summed E-state index contributed by atoms with van der Waals surface area (Å²) in [5, 5.41) is 15.5. The summed E-state index contributed by atoms with van der Waals surface area (Å²) in [6.07, 6.45) is -0.0890. The van der Waals surface area contributed by atoms with Crippen molar-refractivity contribution in [2.45, 2.75) is 25.9 Å². The lowest BCUT2D eigenvalue weighted by molar-refractivity contribution is -0.121. The van der Waals surface area contributed by atoms with Crippen LogP contribution in [0.3, 0.4) is 0 Å². The van der Waals surface area contributed by atoms with Crippen LogP contribution in [-0.2, 0) is 4.79 Å². The van der Waals surface area contributed by atoms with Crippen molar-refractivity contribution >= 4 is 11.7 Å². The normalized spacial score (nSPS) is 20.3. The Hall–Kier alpha value is -1.92. The number of hydrogen-bond donors (Lipinski definition) is 3. The molecular weight excluding hydrogens is 296 g/mol. The maximum Gasteiger partial charge on any atom is 0.220 e. The second-order valence-corrected chi connectivity index (χ2v) is 5.67. The highest BCUT2D eigenvalue weighted by Gasteiger charge is 2.24. The molecule has 1 amide bonds. The van der Waals surface area contributed by atoms with Crippen LogP contribution in [0.25, 0.3) is 0 Å². The van der Waals surface area contributed by atoms with Gasteiger partial charge in [0.05, 0.1) is 12.7 Å². The summed E-state index contributed by atoms with van der Waals surface area (Å²) in [5.74, 6) is 0.542. The van der Waals surface area contributed by atoms with Crippen LogP contribution in [0.15, 0.2) is 24.3 Å². The molecule has 0 saturated carbocycles. The summed E-state index contributed by atoms with van der Waals surface area (Å²) in [7, 11) is 0. The number of ether oxygens (including phenoxy) is 1. The molecule has 1 aromatic rings. The molecule has 6 nitrogen and oxygen atoms in total. The van der Waals surface area contributed by atoms with Gasteiger partial charge in [-0.05, 0) is 31.2 Å². The summed E-state index contributed by atoms with van der Waals surface area (Å²) in [4.78, 5) is 23.9. The fourth-order valence-corrected chi connectivity index (χ4v) is 2.54. The monoisotopic (exact) mass is 320 g/mol. The van der Waals surface area contributed by atoms with Crippen molar-refractivity contribution in [2.75, 3.05) is 26.2 Å². The van der Waals surface area contributed by atoms with Crippen molar-refractivity contribution in [3.63, 3.8) is 0 Å². The third-order valence-electron chi connectivity index (χ3n) is 3.93. The molecule has 0 aliphatic carbocycles. The number of carbonyl (C=O) groups excluding carboxylic acids is 2. The first-order valence-electron chi connectivity index (χ1n) is 8.01. The number of nitrogens with one attached hydrogen (secondary N) is 2. The van der Waals surface area contributed by atoms with Gasteiger partial charge in [0.2, 0.25) is 5.91 Å². The Kier molecular flexibility index (Phi) is 6.55. The van der Waals surface area contributed by atoms with Crippen molar-refractivity contribution < 1.29 is 19.4 Å². The molecule has 0 aromatic heterocycles. The maximum absolute atomic E-state index is 12.1. The van der Waals surface area contributed by atoms with E-state index >= 15 is 0 Å². The molecule has 0 bridgehead atoms. The molecule has 6 heteroatoms. The molecule has 0 radical (unpaired) electrons.